The molecular formula is C16H17F3N2O4. The minimum absolute atomic E-state index is 0.105. The molecule has 1 aliphatic heterocycles. The van der Waals surface area contributed by atoms with E-state index in [4.69, 9.17) is 4.74 Å². The Hall–Kier alpha value is -2.58. The lowest BCUT2D eigenvalue weighted by atomic mass is 10.1. The lowest BCUT2D eigenvalue weighted by molar-refractivity contribution is -0.139. The number of rotatable bonds is 6. The van der Waals surface area contributed by atoms with Gasteiger partial charge in [-0.15, -0.1) is 0 Å². The van der Waals surface area contributed by atoms with Gasteiger partial charge in [0.2, 0.25) is 17.7 Å². The first-order chi connectivity index (χ1) is 11.7. The summed E-state index contributed by atoms with van der Waals surface area (Å²) >= 11 is 0. The van der Waals surface area contributed by atoms with Crippen LogP contribution < -0.4 is 10.1 Å². The van der Waals surface area contributed by atoms with E-state index in [0.717, 1.165) is 23.1 Å². The van der Waals surface area contributed by atoms with Crippen molar-refractivity contribution in [3.8, 4) is 5.75 Å². The van der Waals surface area contributed by atoms with Crippen LogP contribution in [0.15, 0.2) is 18.2 Å². The van der Waals surface area contributed by atoms with Crippen LogP contribution in [-0.4, -0.2) is 35.8 Å². The predicted octanol–water partition coefficient (Wildman–Crippen LogP) is 2.58. The third-order valence-electron chi connectivity index (χ3n) is 3.60. The maximum Gasteiger partial charge on any atom is 0.416 e. The van der Waals surface area contributed by atoms with Gasteiger partial charge in [-0.1, -0.05) is 0 Å². The molecular weight excluding hydrogens is 341 g/mol. The molecule has 0 radical (unpaired) electrons. The summed E-state index contributed by atoms with van der Waals surface area (Å²) in [6, 6.07) is 2.78. The van der Waals surface area contributed by atoms with Crippen molar-refractivity contribution >= 4 is 23.4 Å². The molecule has 0 aromatic heterocycles. The molecule has 1 saturated heterocycles. The Morgan fingerprint density at radius 2 is 1.88 bits per heavy atom. The molecule has 3 amide bonds. The summed E-state index contributed by atoms with van der Waals surface area (Å²) in [6.07, 6.45) is -4.54. The van der Waals surface area contributed by atoms with Gasteiger partial charge in [0.1, 0.15) is 5.75 Å². The second-order valence-electron chi connectivity index (χ2n) is 5.38. The summed E-state index contributed by atoms with van der Waals surface area (Å²) in [6.45, 7) is 1.77. The summed E-state index contributed by atoms with van der Waals surface area (Å²) in [5.41, 5.74) is -1.03. The van der Waals surface area contributed by atoms with E-state index in [1.54, 1.807) is 6.92 Å². The Morgan fingerprint density at radius 1 is 1.24 bits per heavy atom. The van der Waals surface area contributed by atoms with E-state index >= 15 is 0 Å². The van der Waals surface area contributed by atoms with Crippen LogP contribution in [0, 0.1) is 0 Å². The van der Waals surface area contributed by atoms with Gasteiger partial charge in [-0.3, -0.25) is 19.3 Å². The lowest BCUT2D eigenvalue weighted by Crippen LogP contribution is -2.32. The van der Waals surface area contributed by atoms with Gasteiger partial charge >= 0.3 is 6.18 Å². The summed E-state index contributed by atoms with van der Waals surface area (Å²) in [7, 11) is 0. The van der Waals surface area contributed by atoms with Gasteiger partial charge in [0.05, 0.1) is 17.9 Å². The molecule has 6 nitrogen and oxygen atoms in total. The standard InChI is InChI=1S/C16H17F3N2O4/c1-2-25-12-4-3-10(16(17,18)19)9-11(12)20-13(22)7-8-21-14(23)5-6-15(21)24/h3-4,9H,2,5-8H2,1H3,(H,20,22). The molecule has 1 aliphatic rings. The number of hydrogen-bond donors (Lipinski definition) is 1. The van der Waals surface area contributed by atoms with Crippen molar-refractivity contribution in [1.82, 2.24) is 4.90 Å². The van der Waals surface area contributed by atoms with Crippen LogP contribution in [0.5, 0.6) is 5.75 Å². The zero-order chi connectivity index (χ0) is 18.6. The first-order valence-electron chi connectivity index (χ1n) is 7.69. The Morgan fingerprint density at radius 3 is 2.44 bits per heavy atom. The van der Waals surface area contributed by atoms with Gasteiger partial charge in [-0.25, -0.2) is 0 Å². The van der Waals surface area contributed by atoms with Crippen LogP contribution >= 0.6 is 0 Å². The van der Waals surface area contributed by atoms with E-state index < -0.39 is 17.6 Å². The van der Waals surface area contributed by atoms with Crippen molar-refractivity contribution in [1.29, 1.82) is 0 Å². The molecule has 1 heterocycles. The molecule has 0 unspecified atom stereocenters. The number of halogens is 3. The molecule has 0 aliphatic carbocycles. The van der Waals surface area contributed by atoms with Gasteiger partial charge in [-0.05, 0) is 25.1 Å². The maximum absolute atomic E-state index is 12.8. The van der Waals surface area contributed by atoms with Crippen molar-refractivity contribution in [3.63, 3.8) is 0 Å². The number of nitrogens with zero attached hydrogens (tertiary/aromatic N) is 1. The van der Waals surface area contributed by atoms with Crippen LogP contribution in [0.3, 0.4) is 0 Å². The summed E-state index contributed by atoms with van der Waals surface area (Å²) in [5.74, 6) is -1.22. The van der Waals surface area contributed by atoms with Crippen molar-refractivity contribution in [2.24, 2.45) is 0 Å². The zero-order valence-corrected chi connectivity index (χ0v) is 13.5. The van der Waals surface area contributed by atoms with E-state index in [1.165, 1.54) is 0 Å². The van der Waals surface area contributed by atoms with E-state index in [-0.39, 0.29) is 55.7 Å². The number of hydrogen-bond acceptors (Lipinski definition) is 4. The fourth-order valence-corrected chi connectivity index (χ4v) is 2.38. The SMILES string of the molecule is CCOc1ccc(C(F)(F)F)cc1NC(=O)CCN1C(=O)CCC1=O. The number of carbonyl (C=O) groups is 3. The summed E-state index contributed by atoms with van der Waals surface area (Å²) in [4.78, 5) is 35.9. The normalized spacial score (nSPS) is 14.8. The Bertz CT molecular complexity index is 672. The molecule has 1 aromatic rings. The number of amides is 3. The molecule has 0 spiro atoms. The van der Waals surface area contributed by atoms with E-state index in [0.29, 0.717) is 0 Å². The molecule has 1 fully saturated rings. The van der Waals surface area contributed by atoms with Crippen LogP contribution in [0.25, 0.3) is 0 Å². The molecule has 9 heteroatoms. The van der Waals surface area contributed by atoms with E-state index in [9.17, 15) is 27.6 Å². The van der Waals surface area contributed by atoms with Gasteiger partial charge in [-0.2, -0.15) is 13.2 Å². The average Bonchev–Trinajstić information content (AvgIpc) is 2.85. The van der Waals surface area contributed by atoms with Crippen LogP contribution in [0.1, 0.15) is 31.7 Å². The predicted molar refractivity (Wildman–Crippen MR) is 81.8 cm³/mol. The highest BCUT2D eigenvalue weighted by molar-refractivity contribution is 6.02. The fraction of sp³-hybridized carbons (Fsp3) is 0.438. The topological polar surface area (TPSA) is 75.7 Å². The molecule has 2 rings (SSSR count). The quantitative estimate of drug-likeness (QED) is 0.793. The largest absolute Gasteiger partial charge is 0.492 e. The van der Waals surface area contributed by atoms with Crippen molar-refractivity contribution in [2.75, 3.05) is 18.5 Å². The van der Waals surface area contributed by atoms with Gasteiger partial charge in [0.15, 0.2) is 0 Å². The molecule has 25 heavy (non-hydrogen) atoms. The Kier molecular flexibility index (Phi) is 5.66. The van der Waals surface area contributed by atoms with Crippen LogP contribution in [0.4, 0.5) is 18.9 Å². The van der Waals surface area contributed by atoms with E-state index in [2.05, 4.69) is 5.32 Å². The highest BCUT2D eigenvalue weighted by Crippen LogP contribution is 2.35. The summed E-state index contributed by atoms with van der Waals surface area (Å²) in [5, 5.41) is 2.35. The number of alkyl halides is 3. The number of carbonyl (C=O) groups excluding carboxylic acids is 3. The number of anilines is 1. The smallest absolute Gasteiger partial charge is 0.416 e. The number of ether oxygens (including phenoxy) is 1. The number of likely N-dealkylation sites (tertiary alicyclic amines) is 1. The first-order valence-corrected chi connectivity index (χ1v) is 7.69. The molecule has 0 saturated carbocycles. The average molecular weight is 358 g/mol. The monoisotopic (exact) mass is 358 g/mol. The highest BCUT2D eigenvalue weighted by Gasteiger charge is 2.32. The molecule has 1 aromatic carbocycles. The molecule has 136 valence electrons. The van der Waals surface area contributed by atoms with Crippen molar-refractivity contribution < 1.29 is 32.3 Å². The van der Waals surface area contributed by atoms with Crippen molar-refractivity contribution in [3.05, 3.63) is 23.8 Å². The number of benzene rings is 1. The first kappa shape index (κ1) is 18.8. The van der Waals surface area contributed by atoms with Gasteiger partial charge in [0.25, 0.3) is 0 Å². The van der Waals surface area contributed by atoms with Crippen molar-refractivity contribution in [2.45, 2.75) is 32.4 Å². The summed E-state index contributed by atoms with van der Waals surface area (Å²) < 4.78 is 43.7. The van der Waals surface area contributed by atoms with Crippen LogP contribution in [0.2, 0.25) is 0 Å². The Balaban J connectivity index is 2.07. The second-order valence-corrected chi connectivity index (χ2v) is 5.38. The third-order valence-corrected chi connectivity index (χ3v) is 3.60. The number of nitrogens with one attached hydrogen (secondary N) is 1. The minimum atomic E-state index is -4.56. The minimum Gasteiger partial charge on any atom is -0.492 e. The third kappa shape index (κ3) is 4.71. The highest BCUT2D eigenvalue weighted by atomic mass is 19.4. The fourth-order valence-electron chi connectivity index (χ4n) is 2.38. The maximum atomic E-state index is 12.8. The lowest BCUT2D eigenvalue weighted by Gasteiger charge is -2.16. The second kappa shape index (κ2) is 7.54. The van der Waals surface area contributed by atoms with Gasteiger partial charge in [0, 0.05) is 25.8 Å². The molecule has 0 bridgehead atoms. The zero-order valence-electron chi connectivity index (χ0n) is 13.5. The van der Waals surface area contributed by atoms with E-state index in [1.807, 2.05) is 0 Å². The van der Waals surface area contributed by atoms with Crippen LogP contribution in [-0.2, 0) is 20.6 Å². The van der Waals surface area contributed by atoms with Gasteiger partial charge < -0.3 is 10.1 Å². The number of imide groups is 1. The Labute approximate surface area is 141 Å². The molecule has 0 atom stereocenters. The molecule has 1 N–H and O–H groups in total.